The number of carbonyl (C=O) groups is 1. The zero-order valence-corrected chi connectivity index (χ0v) is 13.2. The number of carbonyl (C=O) groups excluding carboxylic acids is 1. The summed E-state index contributed by atoms with van der Waals surface area (Å²) in [6, 6.07) is 15.7. The summed E-state index contributed by atoms with van der Waals surface area (Å²) < 4.78 is 6.04. The highest BCUT2D eigenvalue weighted by Gasteiger charge is 2.16. The number of hydrogen-bond donors (Lipinski definition) is 2. The maximum absolute atomic E-state index is 11.1. The Morgan fingerprint density at radius 2 is 1.95 bits per heavy atom. The Labute approximate surface area is 133 Å². The minimum atomic E-state index is -0.837. The Kier molecular flexibility index (Phi) is 3.90. The fraction of sp³-hybridized carbons (Fsp3) is 0. The van der Waals surface area contributed by atoms with Crippen LogP contribution in [0.15, 0.2) is 62.8 Å². The van der Waals surface area contributed by atoms with E-state index >= 15 is 0 Å². The largest absolute Gasteiger partial charge is 0.411 e. The number of H-pyrrole nitrogens is 1. The van der Waals surface area contributed by atoms with E-state index in [2.05, 4.69) is 20.9 Å². The lowest BCUT2D eigenvalue weighted by molar-refractivity contribution is 0.208. The predicted molar refractivity (Wildman–Crippen MR) is 86.8 cm³/mol. The SMILES string of the molecule is NC(=O)Oc1[nH]c2ccc(Br)cc2c1Sc1ccccc1. The van der Waals surface area contributed by atoms with Gasteiger partial charge in [-0.1, -0.05) is 45.9 Å². The molecule has 0 radical (unpaired) electrons. The molecule has 0 saturated heterocycles. The molecule has 0 unspecified atom stereocenters. The zero-order chi connectivity index (χ0) is 14.8. The molecule has 6 heteroatoms. The van der Waals surface area contributed by atoms with E-state index in [1.54, 1.807) is 0 Å². The van der Waals surface area contributed by atoms with E-state index in [0.29, 0.717) is 5.88 Å². The van der Waals surface area contributed by atoms with Crippen molar-refractivity contribution in [3.63, 3.8) is 0 Å². The first-order chi connectivity index (χ1) is 10.1. The van der Waals surface area contributed by atoms with Crippen molar-refractivity contribution >= 4 is 44.7 Å². The molecule has 0 atom stereocenters. The van der Waals surface area contributed by atoms with Crippen molar-refractivity contribution in [1.82, 2.24) is 4.98 Å². The number of halogens is 1. The van der Waals surface area contributed by atoms with Crippen LogP contribution in [0.2, 0.25) is 0 Å². The highest BCUT2D eigenvalue weighted by molar-refractivity contribution is 9.10. The molecule has 3 aromatic rings. The van der Waals surface area contributed by atoms with E-state index in [1.165, 1.54) is 11.8 Å². The summed E-state index contributed by atoms with van der Waals surface area (Å²) in [4.78, 5) is 16.0. The molecule has 0 aliphatic heterocycles. The molecule has 0 aliphatic rings. The Bertz CT molecular complexity index is 802. The Hall–Kier alpha value is -1.92. The number of primary amides is 1. The summed E-state index contributed by atoms with van der Waals surface area (Å²) >= 11 is 4.97. The standard InChI is InChI=1S/C15H11BrN2O2S/c16-9-6-7-12-11(8-9)13(14(18-12)20-15(17)19)21-10-4-2-1-3-5-10/h1-8,18H,(H2,17,19). The molecule has 4 nitrogen and oxygen atoms in total. The number of aromatic nitrogens is 1. The smallest absolute Gasteiger partial charge is 0.392 e. The van der Waals surface area contributed by atoms with Crippen LogP contribution in [-0.4, -0.2) is 11.1 Å². The molecular weight excluding hydrogens is 352 g/mol. The zero-order valence-electron chi connectivity index (χ0n) is 10.8. The van der Waals surface area contributed by atoms with Gasteiger partial charge in [-0.3, -0.25) is 0 Å². The molecule has 0 bridgehead atoms. The number of aromatic amines is 1. The molecule has 0 spiro atoms. The van der Waals surface area contributed by atoms with Crippen LogP contribution < -0.4 is 10.5 Å². The normalized spacial score (nSPS) is 10.7. The van der Waals surface area contributed by atoms with Crippen LogP contribution in [0.5, 0.6) is 5.88 Å². The van der Waals surface area contributed by atoms with Crippen molar-refractivity contribution in [3.8, 4) is 5.88 Å². The van der Waals surface area contributed by atoms with Gasteiger partial charge in [0.05, 0.1) is 4.90 Å². The molecule has 3 N–H and O–H groups in total. The van der Waals surface area contributed by atoms with Gasteiger partial charge in [-0.05, 0) is 30.3 Å². The molecule has 21 heavy (non-hydrogen) atoms. The molecular formula is C15H11BrN2O2S. The summed E-state index contributed by atoms with van der Waals surface area (Å²) in [6.07, 6.45) is -0.837. The maximum atomic E-state index is 11.1. The molecule has 1 heterocycles. The van der Waals surface area contributed by atoms with Crippen LogP contribution in [0, 0.1) is 0 Å². The molecule has 1 aromatic heterocycles. The fourth-order valence-electron chi connectivity index (χ4n) is 1.99. The van der Waals surface area contributed by atoms with Gasteiger partial charge in [0.2, 0.25) is 5.88 Å². The van der Waals surface area contributed by atoms with Crippen LogP contribution in [0.25, 0.3) is 10.9 Å². The van der Waals surface area contributed by atoms with Crippen molar-refractivity contribution in [2.24, 2.45) is 5.73 Å². The average Bonchev–Trinajstić information content (AvgIpc) is 2.77. The van der Waals surface area contributed by atoms with Gasteiger partial charge in [-0.15, -0.1) is 0 Å². The number of fused-ring (bicyclic) bond motifs is 1. The topological polar surface area (TPSA) is 68.1 Å². The van der Waals surface area contributed by atoms with E-state index in [9.17, 15) is 4.79 Å². The second-order valence-corrected chi connectivity index (χ2v) is 6.31. The first-order valence-electron chi connectivity index (χ1n) is 6.15. The highest BCUT2D eigenvalue weighted by Crippen LogP contribution is 2.41. The summed E-state index contributed by atoms with van der Waals surface area (Å²) in [5, 5.41) is 0.967. The minimum Gasteiger partial charge on any atom is -0.392 e. The molecule has 1 amide bonds. The van der Waals surface area contributed by atoms with Crippen molar-refractivity contribution < 1.29 is 9.53 Å². The molecule has 0 saturated carbocycles. The molecule has 106 valence electrons. The summed E-state index contributed by atoms with van der Waals surface area (Å²) in [5.41, 5.74) is 6.02. The second kappa shape index (κ2) is 5.83. The third-order valence-corrected chi connectivity index (χ3v) is 4.46. The van der Waals surface area contributed by atoms with Crippen LogP contribution in [0.3, 0.4) is 0 Å². The first-order valence-corrected chi connectivity index (χ1v) is 7.76. The minimum absolute atomic E-state index is 0.365. The van der Waals surface area contributed by atoms with Crippen molar-refractivity contribution in [2.75, 3.05) is 0 Å². The predicted octanol–water partition coefficient (Wildman–Crippen LogP) is 4.54. The number of nitrogens with two attached hydrogens (primary N) is 1. The number of hydrogen-bond acceptors (Lipinski definition) is 3. The van der Waals surface area contributed by atoms with E-state index in [4.69, 9.17) is 10.5 Å². The van der Waals surface area contributed by atoms with Gasteiger partial charge in [0.15, 0.2) is 0 Å². The van der Waals surface area contributed by atoms with Crippen LogP contribution in [-0.2, 0) is 0 Å². The number of rotatable bonds is 3. The van der Waals surface area contributed by atoms with Crippen molar-refractivity contribution in [2.45, 2.75) is 9.79 Å². The van der Waals surface area contributed by atoms with E-state index in [-0.39, 0.29) is 0 Å². The van der Waals surface area contributed by atoms with E-state index in [0.717, 1.165) is 25.2 Å². The Balaban J connectivity index is 2.12. The average molecular weight is 363 g/mol. The van der Waals surface area contributed by atoms with Crippen LogP contribution >= 0.6 is 27.7 Å². The molecule has 0 fully saturated rings. The molecule has 0 aliphatic carbocycles. The number of benzene rings is 2. The third-order valence-electron chi connectivity index (χ3n) is 2.85. The quantitative estimate of drug-likeness (QED) is 0.718. The van der Waals surface area contributed by atoms with Gasteiger partial charge < -0.3 is 15.5 Å². The van der Waals surface area contributed by atoms with Gasteiger partial charge in [0.25, 0.3) is 0 Å². The maximum Gasteiger partial charge on any atom is 0.411 e. The lowest BCUT2D eigenvalue weighted by Crippen LogP contribution is -2.16. The number of ether oxygens (including phenoxy) is 1. The van der Waals surface area contributed by atoms with Gasteiger partial charge >= 0.3 is 6.09 Å². The van der Waals surface area contributed by atoms with Crippen LogP contribution in [0.4, 0.5) is 4.79 Å². The lowest BCUT2D eigenvalue weighted by Gasteiger charge is -2.04. The monoisotopic (exact) mass is 362 g/mol. The summed E-state index contributed by atoms with van der Waals surface area (Å²) in [5.74, 6) is 0.365. The van der Waals surface area contributed by atoms with Gasteiger partial charge in [-0.2, -0.15) is 0 Å². The third kappa shape index (κ3) is 3.06. The summed E-state index contributed by atoms with van der Waals surface area (Å²) in [7, 11) is 0. The lowest BCUT2D eigenvalue weighted by atomic mass is 10.2. The van der Waals surface area contributed by atoms with E-state index in [1.807, 2.05) is 48.5 Å². The Morgan fingerprint density at radius 3 is 2.67 bits per heavy atom. The van der Waals surface area contributed by atoms with Gasteiger partial charge in [-0.25, -0.2) is 4.79 Å². The van der Waals surface area contributed by atoms with Gasteiger partial charge in [0, 0.05) is 20.3 Å². The summed E-state index contributed by atoms with van der Waals surface area (Å²) in [6.45, 7) is 0. The molecule has 2 aromatic carbocycles. The second-order valence-electron chi connectivity index (χ2n) is 4.31. The number of nitrogens with one attached hydrogen (secondary N) is 1. The van der Waals surface area contributed by atoms with E-state index < -0.39 is 6.09 Å². The molecule has 3 rings (SSSR count). The van der Waals surface area contributed by atoms with Crippen LogP contribution in [0.1, 0.15) is 0 Å². The van der Waals surface area contributed by atoms with Gasteiger partial charge in [0.1, 0.15) is 0 Å². The highest BCUT2D eigenvalue weighted by atomic mass is 79.9. The van der Waals surface area contributed by atoms with Crippen molar-refractivity contribution in [3.05, 3.63) is 53.0 Å². The van der Waals surface area contributed by atoms with Crippen molar-refractivity contribution in [1.29, 1.82) is 0 Å². The number of amides is 1. The first kappa shape index (κ1) is 14.0. The Morgan fingerprint density at radius 1 is 1.19 bits per heavy atom. The fourth-order valence-corrected chi connectivity index (χ4v) is 3.35.